The molecule has 0 spiro atoms. The van der Waals surface area contributed by atoms with E-state index in [2.05, 4.69) is 0 Å². The van der Waals surface area contributed by atoms with Gasteiger partial charge in [0, 0.05) is 5.25 Å². The maximum atomic E-state index is 10.5. The van der Waals surface area contributed by atoms with Crippen molar-refractivity contribution in [2.45, 2.75) is 12.2 Å². The predicted octanol–water partition coefficient (Wildman–Crippen LogP) is -1.37. The summed E-state index contributed by atoms with van der Waals surface area (Å²) in [6.07, 6.45) is 0. The molecule has 60 valence electrons. The Morgan fingerprint density at radius 1 is 1.33 bits per heavy atom. The Labute approximate surface area is 97.0 Å². The van der Waals surface area contributed by atoms with Crippen molar-refractivity contribution in [3.05, 3.63) is 35.9 Å². The summed E-state index contributed by atoms with van der Waals surface area (Å²) in [4.78, 5) is 0. The quantitative estimate of drug-likeness (QED) is 0.428. The number of rotatable bonds is 2. The van der Waals surface area contributed by atoms with Gasteiger partial charge in [0.05, 0.1) is 0 Å². The van der Waals surface area contributed by atoms with E-state index in [-0.39, 0.29) is 29.6 Å². The normalized spacial score (nSPS) is 14.5. The monoisotopic (exact) mass is 192 g/mol. The summed E-state index contributed by atoms with van der Waals surface area (Å²) in [5.74, 6) is 0. The van der Waals surface area contributed by atoms with Crippen LogP contribution in [-0.2, 0) is 11.1 Å². The molecular weight excluding hydrogens is 183 g/mol. The van der Waals surface area contributed by atoms with Gasteiger partial charge in [-0.2, -0.15) is 0 Å². The number of hydrogen-bond acceptors (Lipinski definition) is 2. The van der Waals surface area contributed by atoms with Gasteiger partial charge < -0.3 is 4.55 Å². The van der Waals surface area contributed by atoms with Gasteiger partial charge in [0.2, 0.25) is 0 Å². The van der Waals surface area contributed by atoms with Gasteiger partial charge in [-0.05, 0) is 23.6 Å². The van der Waals surface area contributed by atoms with Crippen LogP contribution < -0.4 is 29.6 Å². The van der Waals surface area contributed by atoms with Crippen LogP contribution in [-0.4, -0.2) is 8.76 Å². The van der Waals surface area contributed by atoms with E-state index in [1.165, 1.54) is 0 Å². The molecule has 0 saturated carbocycles. The van der Waals surface area contributed by atoms with E-state index in [0.29, 0.717) is 0 Å². The molecule has 4 heteroatoms. The molecule has 12 heavy (non-hydrogen) atoms. The van der Waals surface area contributed by atoms with Gasteiger partial charge in [-0.3, -0.25) is 4.21 Å². The van der Waals surface area contributed by atoms with Gasteiger partial charge in [-0.1, -0.05) is 30.3 Å². The summed E-state index contributed by atoms with van der Waals surface area (Å²) < 4.78 is 21.0. The first-order valence-electron chi connectivity index (χ1n) is 3.35. The van der Waals surface area contributed by atoms with Crippen LogP contribution in [0.25, 0.3) is 0 Å². The van der Waals surface area contributed by atoms with Gasteiger partial charge in [-0.25, -0.2) is 0 Å². The van der Waals surface area contributed by atoms with Crippen molar-refractivity contribution in [3.63, 3.8) is 0 Å². The Bertz CT molecular complexity index is 250. The van der Waals surface area contributed by atoms with E-state index in [0.717, 1.165) is 5.56 Å². The molecule has 0 heterocycles. The molecule has 0 aliphatic carbocycles. The van der Waals surface area contributed by atoms with Gasteiger partial charge in [0.15, 0.2) is 0 Å². The zero-order valence-electron chi connectivity index (χ0n) is 7.19. The molecule has 1 aromatic rings. The molecule has 0 amide bonds. The summed E-state index contributed by atoms with van der Waals surface area (Å²) in [5.41, 5.74) is 0.834. The molecule has 0 N–H and O–H groups in total. The Balaban J connectivity index is 0.00000121. The minimum Gasteiger partial charge on any atom is -0.772 e. The molecule has 0 radical (unpaired) electrons. The number of benzene rings is 1. The van der Waals surface area contributed by atoms with Gasteiger partial charge >= 0.3 is 29.6 Å². The zero-order chi connectivity index (χ0) is 8.27. The van der Waals surface area contributed by atoms with Crippen LogP contribution in [0, 0.1) is 0 Å². The van der Waals surface area contributed by atoms with Crippen molar-refractivity contribution in [1.29, 1.82) is 0 Å². The van der Waals surface area contributed by atoms with E-state index in [1.807, 2.05) is 18.2 Å². The Hall–Kier alpha value is 0.330. The van der Waals surface area contributed by atoms with Gasteiger partial charge in [0.25, 0.3) is 0 Å². The average molecular weight is 192 g/mol. The fraction of sp³-hybridized carbons (Fsp3) is 0.250. The standard InChI is InChI=1S/C8H10O2S.Na/c1-7(11(9)10)8-5-3-2-4-6-8;/h2-7H,1H3,(H,9,10);/q;+1/p-1/t7-;/m0./s1. The Morgan fingerprint density at radius 2 is 1.83 bits per heavy atom. The van der Waals surface area contributed by atoms with Crippen LogP contribution in [0.15, 0.2) is 30.3 Å². The van der Waals surface area contributed by atoms with E-state index < -0.39 is 16.3 Å². The fourth-order valence-electron chi connectivity index (χ4n) is 0.835. The summed E-state index contributed by atoms with van der Waals surface area (Å²) in [6.45, 7) is 1.67. The third-order valence-corrected chi connectivity index (χ3v) is 2.41. The van der Waals surface area contributed by atoms with E-state index in [9.17, 15) is 8.76 Å². The molecule has 0 bridgehead atoms. The van der Waals surface area contributed by atoms with Crippen molar-refractivity contribution in [2.24, 2.45) is 0 Å². The minimum atomic E-state index is -2.01. The van der Waals surface area contributed by atoms with Crippen molar-refractivity contribution >= 4 is 11.1 Å². The molecule has 0 aliphatic heterocycles. The van der Waals surface area contributed by atoms with Crippen LogP contribution in [0.2, 0.25) is 0 Å². The summed E-state index contributed by atoms with van der Waals surface area (Å²) >= 11 is -2.01. The van der Waals surface area contributed by atoms with Crippen molar-refractivity contribution in [2.75, 3.05) is 0 Å². The third-order valence-electron chi connectivity index (χ3n) is 1.56. The van der Waals surface area contributed by atoms with Crippen molar-refractivity contribution < 1.29 is 38.3 Å². The van der Waals surface area contributed by atoms with Crippen LogP contribution >= 0.6 is 0 Å². The van der Waals surface area contributed by atoms with E-state index in [4.69, 9.17) is 0 Å². The van der Waals surface area contributed by atoms with Crippen molar-refractivity contribution in [1.82, 2.24) is 0 Å². The summed E-state index contributed by atoms with van der Waals surface area (Å²) in [5, 5.41) is -0.406. The smallest absolute Gasteiger partial charge is 0.772 e. The molecule has 2 atom stereocenters. The third kappa shape index (κ3) is 3.37. The molecule has 0 aliphatic rings. The molecule has 1 unspecified atom stereocenters. The Kier molecular flexibility index (Phi) is 6.05. The molecule has 0 fully saturated rings. The molecular formula is C8H9NaO2S. The van der Waals surface area contributed by atoms with Gasteiger partial charge in [-0.15, -0.1) is 0 Å². The van der Waals surface area contributed by atoms with Crippen LogP contribution in [0.5, 0.6) is 0 Å². The first kappa shape index (κ1) is 12.3. The van der Waals surface area contributed by atoms with E-state index >= 15 is 0 Å². The second kappa shape index (κ2) is 5.89. The topological polar surface area (TPSA) is 40.1 Å². The maximum absolute atomic E-state index is 10.5. The maximum Gasteiger partial charge on any atom is 1.00 e. The summed E-state index contributed by atoms with van der Waals surface area (Å²) in [6, 6.07) is 9.14. The first-order chi connectivity index (χ1) is 5.22. The molecule has 1 aromatic carbocycles. The molecule has 0 aromatic heterocycles. The van der Waals surface area contributed by atoms with Gasteiger partial charge in [0.1, 0.15) is 0 Å². The SMILES string of the molecule is C[C@@H](c1ccccc1)S(=O)[O-].[Na+]. The predicted molar refractivity (Wildman–Crippen MR) is 43.8 cm³/mol. The first-order valence-corrected chi connectivity index (χ1v) is 4.48. The Morgan fingerprint density at radius 3 is 2.25 bits per heavy atom. The molecule has 2 nitrogen and oxygen atoms in total. The van der Waals surface area contributed by atoms with Crippen LogP contribution in [0.4, 0.5) is 0 Å². The fourth-order valence-corrected chi connectivity index (χ4v) is 1.21. The second-order valence-corrected chi connectivity index (χ2v) is 3.54. The van der Waals surface area contributed by atoms with Crippen molar-refractivity contribution in [3.8, 4) is 0 Å². The second-order valence-electron chi connectivity index (χ2n) is 2.31. The largest absolute Gasteiger partial charge is 1.00 e. The average Bonchev–Trinajstić information content (AvgIpc) is 2.05. The van der Waals surface area contributed by atoms with E-state index in [1.54, 1.807) is 19.1 Å². The number of hydrogen-bond donors (Lipinski definition) is 0. The summed E-state index contributed by atoms with van der Waals surface area (Å²) in [7, 11) is 0. The molecule has 0 saturated heterocycles. The minimum absolute atomic E-state index is 0. The van der Waals surface area contributed by atoms with Crippen LogP contribution in [0.3, 0.4) is 0 Å². The molecule has 1 rings (SSSR count). The zero-order valence-corrected chi connectivity index (χ0v) is 10.0. The van der Waals surface area contributed by atoms with Crippen LogP contribution in [0.1, 0.15) is 17.7 Å².